The number of furan rings is 1. The Bertz CT molecular complexity index is 559. The van der Waals surface area contributed by atoms with E-state index in [1.54, 1.807) is 11.3 Å². The summed E-state index contributed by atoms with van der Waals surface area (Å²) in [6.45, 7) is 0. The van der Waals surface area contributed by atoms with Crippen LogP contribution in [0.5, 0.6) is 0 Å². The molecule has 0 amide bonds. The Morgan fingerprint density at radius 2 is 2.33 bits per heavy atom. The molecule has 6 heteroatoms. The molecule has 1 unspecified atom stereocenters. The minimum absolute atomic E-state index is 0.446. The molecule has 1 atom stereocenters. The third-order valence-electron chi connectivity index (χ3n) is 3.15. The fourth-order valence-electron chi connectivity index (χ4n) is 2.25. The standard InChI is InChI=1S/C12H12Br2N2OS/c1-15-7-3-2-4-8-10(7)18-12(16-8)9-5-6(13)11(14)17-9/h5,7,15H,2-4H2,1H3. The van der Waals surface area contributed by atoms with Crippen molar-refractivity contribution in [2.45, 2.75) is 25.3 Å². The van der Waals surface area contributed by atoms with Gasteiger partial charge < -0.3 is 9.73 Å². The van der Waals surface area contributed by atoms with Crippen LogP contribution in [0.25, 0.3) is 10.8 Å². The predicted molar refractivity (Wildman–Crippen MR) is 80.0 cm³/mol. The van der Waals surface area contributed by atoms with Crippen molar-refractivity contribution in [1.82, 2.24) is 10.3 Å². The lowest BCUT2D eigenvalue weighted by Crippen LogP contribution is -2.19. The van der Waals surface area contributed by atoms with Crippen LogP contribution in [0, 0.1) is 0 Å². The molecule has 3 nitrogen and oxygen atoms in total. The third kappa shape index (κ3) is 2.19. The third-order valence-corrected chi connectivity index (χ3v) is 6.09. The highest BCUT2D eigenvalue weighted by molar-refractivity contribution is 9.13. The number of halogens is 2. The topological polar surface area (TPSA) is 38.1 Å². The first-order valence-corrected chi connectivity index (χ1v) is 8.21. The average molecular weight is 392 g/mol. The number of rotatable bonds is 2. The van der Waals surface area contributed by atoms with Crippen LogP contribution in [-0.4, -0.2) is 12.0 Å². The van der Waals surface area contributed by atoms with Crippen molar-refractivity contribution >= 4 is 43.2 Å². The summed E-state index contributed by atoms with van der Waals surface area (Å²) in [5, 5.41) is 4.33. The minimum atomic E-state index is 0.446. The lowest BCUT2D eigenvalue weighted by molar-refractivity contribution is 0.501. The smallest absolute Gasteiger partial charge is 0.184 e. The van der Waals surface area contributed by atoms with Crippen molar-refractivity contribution in [3.8, 4) is 10.8 Å². The van der Waals surface area contributed by atoms with Crippen LogP contribution in [0.1, 0.15) is 29.5 Å². The molecule has 2 aromatic rings. The van der Waals surface area contributed by atoms with Crippen LogP contribution in [0.3, 0.4) is 0 Å². The Morgan fingerprint density at radius 1 is 1.50 bits per heavy atom. The Hall–Kier alpha value is -0.170. The van der Waals surface area contributed by atoms with Crippen molar-refractivity contribution in [1.29, 1.82) is 0 Å². The second-order valence-electron chi connectivity index (χ2n) is 4.30. The van der Waals surface area contributed by atoms with E-state index in [-0.39, 0.29) is 0 Å². The summed E-state index contributed by atoms with van der Waals surface area (Å²) >= 11 is 8.53. The number of aryl methyl sites for hydroxylation is 1. The number of hydrogen-bond acceptors (Lipinski definition) is 4. The molecule has 3 rings (SSSR count). The second kappa shape index (κ2) is 5.07. The van der Waals surface area contributed by atoms with Gasteiger partial charge in [0.2, 0.25) is 0 Å². The summed E-state index contributed by atoms with van der Waals surface area (Å²) in [6, 6.07) is 2.41. The molecule has 0 saturated carbocycles. The number of nitrogens with one attached hydrogen (secondary N) is 1. The van der Waals surface area contributed by atoms with E-state index in [0.717, 1.165) is 26.3 Å². The first kappa shape index (κ1) is 12.8. The van der Waals surface area contributed by atoms with Crippen LogP contribution < -0.4 is 5.32 Å². The zero-order valence-corrected chi connectivity index (χ0v) is 13.8. The summed E-state index contributed by atoms with van der Waals surface area (Å²) in [6.07, 6.45) is 3.47. The van der Waals surface area contributed by atoms with Gasteiger partial charge in [0.15, 0.2) is 15.4 Å². The van der Waals surface area contributed by atoms with Crippen LogP contribution in [0.4, 0.5) is 0 Å². The Morgan fingerprint density at radius 3 is 3.00 bits per heavy atom. The fourth-order valence-corrected chi connectivity index (χ4v) is 4.04. The molecule has 2 aromatic heterocycles. The molecular formula is C12H12Br2N2OS. The van der Waals surface area contributed by atoms with Crippen molar-refractivity contribution in [2.75, 3.05) is 7.05 Å². The van der Waals surface area contributed by atoms with E-state index < -0.39 is 0 Å². The highest BCUT2D eigenvalue weighted by Crippen LogP contribution is 2.40. The van der Waals surface area contributed by atoms with Gasteiger partial charge in [-0.25, -0.2) is 4.98 Å². The molecular weight excluding hydrogens is 380 g/mol. The number of fused-ring (bicyclic) bond motifs is 1. The van der Waals surface area contributed by atoms with Gasteiger partial charge in [-0.3, -0.25) is 0 Å². The zero-order chi connectivity index (χ0) is 12.7. The van der Waals surface area contributed by atoms with Crippen LogP contribution in [0.15, 0.2) is 19.6 Å². The Kier molecular flexibility index (Phi) is 3.62. The van der Waals surface area contributed by atoms with E-state index >= 15 is 0 Å². The molecule has 18 heavy (non-hydrogen) atoms. The van der Waals surface area contributed by atoms with Crippen molar-refractivity contribution in [2.24, 2.45) is 0 Å². The van der Waals surface area contributed by atoms with Gasteiger partial charge in [-0.05, 0) is 58.2 Å². The van der Waals surface area contributed by atoms with E-state index in [9.17, 15) is 0 Å². The van der Waals surface area contributed by atoms with Gasteiger partial charge in [0.25, 0.3) is 0 Å². The summed E-state index contributed by atoms with van der Waals surface area (Å²) in [5.41, 5.74) is 1.23. The number of nitrogens with zero attached hydrogens (tertiary/aromatic N) is 1. The maximum absolute atomic E-state index is 5.64. The molecule has 0 saturated heterocycles. The number of thiazole rings is 1. The summed E-state index contributed by atoms with van der Waals surface area (Å²) in [5.74, 6) is 0.822. The fraction of sp³-hybridized carbons (Fsp3) is 0.417. The van der Waals surface area contributed by atoms with E-state index in [1.165, 1.54) is 23.4 Å². The lowest BCUT2D eigenvalue weighted by Gasteiger charge is -2.19. The molecule has 0 aliphatic heterocycles. The predicted octanol–water partition coefficient (Wildman–Crippen LogP) is 4.52. The lowest BCUT2D eigenvalue weighted by atomic mass is 9.98. The molecule has 96 valence electrons. The van der Waals surface area contributed by atoms with Gasteiger partial charge in [0, 0.05) is 17.0 Å². The van der Waals surface area contributed by atoms with Gasteiger partial charge in [-0.1, -0.05) is 0 Å². The molecule has 0 spiro atoms. The monoisotopic (exact) mass is 390 g/mol. The number of hydrogen-bond donors (Lipinski definition) is 1. The molecule has 1 aliphatic carbocycles. The second-order valence-corrected chi connectivity index (χ2v) is 6.90. The van der Waals surface area contributed by atoms with E-state index in [2.05, 4.69) is 37.2 Å². The largest absolute Gasteiger partial charge is 0.446 e. The van der Waals surface area contributed by atoms with Crippen LogP contribution >= 0.6 is 43.2 Å². The van der Waals surface area contributed by atoms with Gasteiger partial charge in [-0.15, -0.1) is 11.3 Å². The quantitative estimate of drug-likeness (QED) is 0.817. The van der Waals surface area contributed by atoms with Crippen LogP contribution in [0.2, 0.25) is 0 Å². The van der Waals surface area contributed by atoms with Crippen molar-refractivity contribution in [3.63, 3.8) is 0 Å². The maximum atomic E-state index is 5.64. The molecule has 0 fully saturated rings. The molecule has 1 N–H and O–H groups in total. The summed E-state index contributed by atoms with van der Waals surface area (Å²) in [7, 11) is 2.01. The van der Waals surface area contributed by atoms with Gasteiger partial charge in [-0.2, -0.15) is 0 Å². The zero-order valence-electron chi connectivity index (χ0n) is 9.80. The van der Waals surface area contributed by atoms with Gasteiger partial charge in [0.1, 0.15) is 0 Å². The van der Waals surface area contributed by atoms with E-state index in [0.29, 0.717) is 6.04 Å². The number of aromatic nitrogens is 1. The highest BCUT2D eigenvalue weighted by atomic mass is 79.9. The highest BCUT2D eigenvalue weighted by Gasteiger charge is 2.24. The van der Waals surface area contributed by atoms with Gasteiger partial charge in [0.05, 0.1) is 10.2 Å². The minimum Gasteiger partial charge on any atom is -0.446 e. The molecule has 1 aliphatic rings. The van der Waals surface area contributed by atoms with Gasteiger partial charge >= 0.3 is 0 Å². The molecule has 0 aromatic carbocycles. The molecule has 2 heterocycles. The van der Waals surface area contributed by atoms with E-state index in [1.807, 2.05) is 13.1 Å². The average Bonchev–Trinajstić information content (AvgIpc) is 2.93. The summed E-state index contributed by atoms with van der Waals surface area (Å²) in [4.78, 5) is 6.08. The first-order valence-electron chi connectivity index (χ1n) is 5.81. The normalized spacial score (nSPS) is 18.9. The summed E-state index contributed by atoms with van der Waals surface area (Å²) < 4.78 is 7.29. The van der Waals surface area contributed by atoms with Crippen LogP contribution in [-0.2, 0) is 6.42 Å². The van der Waals surface area contributed by atoms with Crippen molar-refractivity contribution in [3.05, 3.63) is 25.8 Å². The maximum Gasteiger partial charge on any atom is 0.184 e. The molecule has 0 radical (unpaired) electrons. The Labute approximate surface area is 126 Å². The SMILES string of the molecule is CNC1CCCc2nc(-c3cc(Br)c(Br)o3)sc21. The molecule has 0 bridgehead atoms. The Balaban J connectivity index is 2.02. The van der Waals surface area contributed by atoms with E-state index in [4.69, 9.17) is 9.40 Å². The first-order chi connectivity index (χ1) is 8.69. The van der Waals surface area contributed by atoms with Crippen molar-refractivity contribution < 1.29 is 4.42 Å².